The van der Waals surface area contributed by atoms with E-state index in [0.717, 1.165) is 11.5 Å². The largest absolute Gasteiger partial charge is 0.497 e. The van der Waals surface area contributed by atoms with Gasteiger partial charge in [0.05, 0.1) is 14.2 Å². The van der Waals surface area contributed by atoms with Crippen LogP contribution in [0, 0.1) is 0 Å². The standard InChI is InChI=1S/C37H29O2S2/c1-38-30-20-16-26(17-21-30)36-24-28(32-12-6-8-14-34(32)40-36)10-4-3-5-11-29-25-37(27-18-22-31(39-2)23-19-27)41-35-15-9-7-13-33(29)35/h3-25H,1-2H3/q+1. The van der Waals surface area contributed by atoms with Crippen molar-refractivity contribution in [3.05, 3.63) is 150 Å². The number of benzene rings is 4. The molecule has 200 valence electrons. The predicted octanol–water partition coefficient (Wildman–Crippen LogP) is 10.7. The smallest absolute Gasteiger partial charge is 0.239 e. The van der Waals surface area contributed by atoms with Crippen LogP contribution < -0.4 is 9.47 Å². The summed E-state index contributed by atoms with van der Waals surface area (Å²) in [5.41, 5.74) is 6.02. The molecule has 0 bridgehead atoms. The molecule has 6 rings (SSSR count). The quantitative estimate of drug-likeness (QED) is 0.143. The van der Waals surface area contributed by atoms with Crippen LogP contribution in [-0.4, -0.2) is 14.2 Å². The van der Waals surface area contributed by atoms with Crippen molar-refractivity contribution in [1.82, 2.24) is 0 Å². The minimum Gasteiger partial charge on any atom is -0.497 e. The van der Waals surface area contributed by atoms with Crippen molar-refractivity contribution in [2.24, 2.45) is 0 Å². The van der Waals surface area contributed by atoms with Crippen molar-refractivity contribution in [2.45, 2.75) is 4.90 Å². The van der Waals surface area contributed by atoms with Crippen molar-refractivity contribution in [2.75, 3.05) is 14.2 Å². The summed E-state index contributed by atoms with van der Waals surface area (Å²) in [7, 11) is 3.39. The number of fused-ring (bicyclic) bond motifs is 2. The fraction of sp³-hybridized carbons (Fsp3) is 0.0541. The fourth-order valence-electron chi connectivity index (χ4n) is 4.78. The second-order valence-electron chi connectivity index (χ2n) is 9.49. The van der Waals surface area contributed by atoms with Crippen LogP contribution in [0.4, 0.5) is 0 Å². The zero-order chi connectivity index (χ0) is 28.0. The first-order valence-corrected chi connectivity index (χ1v) is 15.0. The van der Waals surface area contributed by atoms with E-state index >= 15 is 0 Å². The summed E-state index contributed by atoms with van der Waals surface area (Å²) in [6.07, 6.45) is 13.0. The lowest BCUT2D eigenvalue weighted by Crippen LogP contribution is -1.94. The van der Waals surface area contributed by atoms with Gasteiger partial charge < -0.3 is 9.47 Å². The van der Waals surface area contributed by atoms with Gasteiger partial charge in [0.1, 0.15) is 11.5 Å². The Morgan fingerprint density at radius 1 is 0.683 bits per heavy atom. The molecule has 41 heavy (non-hydrogen) atoms. The summed E-state index contributed by atoms with van der Waals surface area (Å²) in [5, 5.41) is 1.25. The van der Waals surface area contributed by atoms with Crippen LogP contribution in [0.1, 0.15) is 16.7 Å². The van der Waals surface area contributed by atoms with Crippen molar-refractivity contribution >= 4 is 49.7 Å². The maximum atomic E-state index is 5.35. The molecule has 0 saturated heterocycles. The molecule has 0 spiro atoms. The summed E-state index contributed by atoms with van der Waals surface area (Å²) in [5.74, 6) is 1.73. The molecule has 0 amide bonds. The first kappa shape index (κ1) is 26.8. The Balaban J connectivity index is 1.29. The van der Waals surface area contributed by atoms with Crippen molar-refractivity contribution in [1.29, 1.82) is 0 Å². The van der Waals surface area contributed by atoms with Gasteiger partial charge in [-0.3, -0.25) is 0 Å². The van der Waals surface area contributed by atoms with E-state index in [1.807, 2.05) is 24.3 Å². The molecule has 5 aromatic rings. The van der Waals surface area contributed by atoms with Gasteiger partial charge in [0, 0.05) is 32.9 Å². The van der Waals surface area contributed by atoms with Gasteiger partial charge in [-0.25, -0.2) is 0 Å². The molecule has 0 N–H and O–H groups in total. The summed E-state index contributed by atoms with van der Waals surface area (Å²) in [6.45, 7) is 0. The first-order chi connectivity index (χ1) is 20.2. The number of methoxy groups -OCH3 is 2. The predicted molar refractivity (Wildman–Crippen MR) is 178 cm³/mol. The molecule has 4 aromatic carbocycles. The van der Waals surface area contributed by atoms with Gasteiger partial charge in [0.15, 0.2) is 0 Å². The topological polar surface area (TPSA) is 18.5 Å². The minimum absolute atomic E-state index is 0.865. The van der Waals surface area contributed by atoms with Crippen LogP contribution in [-0.2, 0) is 0 Å². The molecule has 4 heteroatoms. The Morgan fingerprint density at radius 2 is 1.37 bits per heavy atom. The summed E-state index contributed by atoms with van der Waals surface area (Å²) in [6, 6.07) is 36.0. The van der Waals surface area contributed by atoms with Gasteiger partial charge in [0.2, 0.25) is 20.9 Å². The lowest BCUT2D eigenvalue weighted by Gasteiger charge is -2.19. The van der Waals surface area contributed by atoms with E-state index in [-0.39, 0.29) is 0 Å². The molecule has 0 radical (unpaired) electrons. The Hall–Kier alpha value is -4.38. The molecule has 0 aliphatic carbocycles. The SMILES string of the molecule is COc1ccc(C2=C/C(=C/C=C/C=C/c3cc(-c4ccc(OC)cc4)[s+]c4ccccc34)c3ccccc3S2)cc1. The zero-order valence-corrected chi connectivity index (χ0v) is 24.5. The number of hydrogen-bond donors (Lipinski definition) is 0. The second kappa shape index (κ2) is 12.4. The van der Waals surface area contributed by atoms with Gasteiger partial charge in [-0.1, -0.05) is 84.6 Å². The second-order valence-corrected chi connectivity index (χ2v) is 11.7. The maximum absolute atomic E-state index is 5.35. The van der Waals surface area contributed by atoms with E-state index in [2.05, 4.69) is 115 Å². The highest BCUT2D eigenvalue weighted by Crippen LogP contribution is 2.44. The average Bonchev–Trinajstić information content (AvgIpc) is 3.04. The van der Waals surface area contributed by atoms with Gasteiger partial charge in [-0.05, 0) is 76.9 Å². The van der Waals surface area contributed by atoms with Crippen LogP contribution in [0.3, 0.4) is 0 Å². The molecule has 0 saturated carbocycles. The molecule has 0 atom stereocenters. The Morgan fingerprint density at radius 3 is 2.12 bits per heavy atom. The lowest BCUT2D eigenvalue weighted by molar-refractivity contribution is 0.414. The van der Waals surface area contributed by atoms with Gasteiger partial charge >= 0.3 is 0 Å². The number of allylic oxidation sites excluding steroid dienone is 6. The first-order valence-electron chi connectivity index (χ1n) is 13.4. The lowest BCUT2D eigenvalue weighted by atomic mass is 10.0. The van der Waals surface area contributed by atoms with E-state index in [9.17, 15) is 0 Å². The zero-order valence-electron chi connectivity index (χ0n) is 22.9. The highest BCUT2D eigenvalue weighted by molar-refractivity contribution is 8.08. The van der Waals surface area contributed by atoms with Crippen LogP contribution in [0.15, 0.2) is 138 Å². The number of ether oxygens (including phenoxy) is 2. The van der Waals surface area contributed by atoms with E-state index in [1.165, 1.54) is 52.6 Å². The molecule has 0 fully saturated rings. The maximum Gasteiger partial charge on any atom is 0.239 e. The van der Waals surface area contributed by atoms with Crippen molar-refractivity contribution in [3.8, 4) is 21.9 Å². The average molecular weight is 570 g/mol. The molecule has 2 nitrogen and oxygen atoms in total. The molecular weight excluding hydrogens is 541 g/mol. The monoisotopic (exact) mass is 569 g/mol. The van der Waals surface area contributed by atoms with E-state index in [1.54, 1.807) is 37.3 Å². The molecule has 1 aliphatic rings. The van der Waals surface area contributed by atoms with Crippen LogP contribution in [0.2, 0.25) is 0 Å². The molecule has 0 unspecified atom stereocenters. The third-order valence-electron chi connectivity index (χ3n) is 6.93. The number of rotatable bonds is 7. The fourth-order valence-corrected chi connectivity index (χ4v) is 7.01. The van der Waals surface area contributed by atoms with Gasteiger partial charge in [0.25, 0.3) is 0 Å². The van der Waals surface area contributed by atoms with E-state index in [4.69, 9.17) is 9.47 Å². The number of thioether (sulfide) groups is 1. The highest BCUT2D eigenvalue weighted by atomic mass is 32.2. The van der Waals surface area contributed by atoms with Gasteiger partial charge in [-0.2, -0.15) is 0 Å². The summed E-state index contributed by atoms with van der Waals surface area (Å²) in [4.78, 5) is 3.72. The van der Waals surface area contributed by atoms with Gasteiger partial charge in [-0.15, -0.1) is 0 Å². The van der Waals surface area contributed by atoms with E-state index < -0.39 is 0 Å². The van der Waals surface area contributed by atoms with Crippen LogP contribution in [0.25, 0.3) is 37.1 Å². The summed E-state index contributed by atoms with van der Waals surface area (Å²) >= 11 is 3.61. The summed E-state index contributed by atoms with van der Waals surface area (Å²) < 4.78 is 12.0. The molecule has 1 aliphatic heterocycles. The normalized spacial score (nSPS) is 14.0. The molecular formula is C37H29O2S2+. The minimum atomic E-state index is 0.865. The Labute approximate surface area is 249 Å². The third-order valence-corrected chi connectivity index (χ3v) is 9.23. The molecule has 2 heterocycles. The Bertz CT molecular complexity index is 1810. The van der Waals surface area contributed by atoms with Crippen LogP contribution >= 0.6 is 23.1 Å². The van der Waals surface area contributed by atoms with Crippen LogP contribution in [0.5, 0.6) is 11.5 Å². The molecule has 1 aromatic heterocycles. The van der Waals surface area contributed by atoms with E-state index in [0.29, 0.717) is 0 Å². The third kappa shape index (κ3) is 6.04. The van der Waals surface area contributed by atoms with Crippen molar-refractivity contribution in [3.63, 3.8) is 0 Å². The highest BCUT2D eigenvalue weighted by Gasteiger charge is 2.17. The van der Waals surface area contributed by atoms with Crippen molar-refractivity contribution < 1.29 is 9.47 Å². The Kier molecular flexibility index (Phi) is 8.13. The number of hydrogen-bond acceptors (Lipinski definition) is 3.